The second-order valence-corrected chi connectivity index (χ2v) is 7.48. The molecular weight excluding hydrogens is 360 g/mol. The number of hydrogen-bond acceptors (Lipinski definition) is 6. The number of nitrogens with one attached hydrogen (secondary N) is 1. The van der Waals surface area contributed by atoms with Gasteiger partial charge in [-0.25, -0.2) is 4.98 Å². The number of rotatable bonds is 3. The standard InChI is InChI=1S/C20H23ClN6/c1-12-17(21)15(13-6-4-3-5-7-13)16-18(22)25-20(26-19(16)23-12)24-14-8-10-27(2)11-9-14/h3-7,14H,8-11H2,1-2H3,(H3,22,23,24,25,26). The number of benzene rings is 1. The van der Waals surface area contributed by atoms with Crippen LogP contribution >= 0.6 is 11.6 Å². The smallest absolute Gasteiger partial charge is 0.226 e. The molecule has 2 aromatic heterocycles. The molecule has 140 valence electrons. The summed E-state index contributed by atoms with van der Waals surface area (Å²) in [5, 5.41) is 4.71. The Balaban J connectivity index is 1.78. The van der Waals surface area contributed by atoms with Crippen molar-refractivity contribution >= 4 is 34.4 Å². The molecule has 0 saturated carbocycles. The molecule has 1 aromatic carbocycles. The largest absolute Gasteiger partial charge is 0.383 e. The Labute approximate surface area is 163 Å². The lowest BCUT2D eigenvalue weighted by atomic mass is 10.0. The lowest BCUT2D eigenvalue weighted by molar-refractivity contribution is 0.263. The molecular formula is C20H23ClN6. The first-order valence-corrected chi connectivity index (χ1v) is 9.54. The van der Waals surface area contributed by atoms with E-state index in [-0.39, 0.29) is 0 Å². The fourth-order valence-corrected chi connectivity index (χ4v) is 3.81. The third-order valence-corrected chi connectivity index (χ3v) is 5.56. The quantitative estimate of drug-likeness (QED) is 0.718. The van der Waals surface area contributed by atoms with Gasteiger partial charge in [0.1, 0.15) is 5.82 Å². The van der Waals surface area contributed by atoms with Gasteiger partial charge in [-0.2, -0.15) is 9.97 Å². The Hall–Kier alpha value is -2.44. The number of aryl methyl sites for hydroxylation is 1. The van der Waals surface area contributed by atoms with Crippen LogP contribution in [0.5, 0.6) is 0 Å². The van der Waals surface area contributed by atoms with Crippen LogP contribution in [0.4, 0.5) is 11.8 Å². The van der Waals surface area contributed by atoms with E-state index in [2.05, 4.69) is 32.2 Å². The number of piperidine rings is 1. The van der Waals surface area contributed by atoms with Crippen molar-refractivity contribution < 1.29 is 0 Å². The van der Waals surface area contributed by atoms with E-state index in [4.69, 9.17) is 17.3 Å². The molecule has 6 nitrogen and oxygen atoms in total. The third-order valence-electron chi connectivity index (χ3n) is 5.09. The molecule has 1 saturated heterocycles. The van der Waals surface area contributed by atoms with Crippen LogP contribution in [0.25, 0.3) is 22.2 Å². The number of nitrogen functional groups attached to an aromatic ring is 1. The zero-order chi connectivity index (χ0) is 19.0. The summed E-state index contributed by atoms with van der Waals surface area (Å²) in [7, 11) is 2.14. The first-order chi connectivity index (χ1) is 13.0. The summed E-state index contributed by atoms with van der Waals surface area (Å²) in [6.45, 7) is 4.01. The van der Waals surface area contributed by atoms with Crippen molar-refractivity contribution in [3.8, 4) is 11.1 Å². The van der Waals surface area contributed by atoms with Crippen LogP contribution in [0.2, 0.25) is 5.02 Å². The molecule has 0 bridgehead atoms. The maximum absolute atomic E-state index is 6.59. The van der Waals surface area contributed by atoms with Gasteiger partial charge in [0.2, 0.25) is 5.95 Å². The monoisotopic (exact) mass is 382 g/mol. The Morgan fingerprint density at radius 1 is 1.11 bits per heavy atom. The van der Waals surface area contributed by atoms with Crippen molar-refractivity contribution in [1.82, 2.24) is 19.9 Å². The average Bonchev–Trinajstić information content (AvgIpc) is 2.66. The first-order valence-electron chi connectivity index (χ1n) is 9.16. The molecule has 1 aliphatic rings. The lowest BCUT2D eigenvalue weighted by Gasteiger charge is -2.29. The highest BCUT2D eigenvalue weighted by molar-refractivity contribution is 6.35. The number of likely N-dealkylation sites (tertiary alicyclic amines) is 1. The van der Waals surface area contributed by atoms with Crippen LogP contribution in [0.3, 0.4) is 0 Å². The number of halogens is 1. The highest BCUT2D eigenvalue weighted by atomic mass is 35.5. The summed E-state index contributed by atoms with van der Waals surface area (Å²) in [6, 6.07) is 10.3. The molecule has 7 heteroatoms. The van der Waals surface area contributed by atoms with Crippen molar-refractivity contribution in [3.05, 3.63) is 41.0 Å². The normalized spacial score (nSPS) is 16.0. The van der Waals surface area contributed by atoms with E-state index in [0.717, 1.165) is 42.8 Å². The second-order valence-electron chi connectivity index (χ2n) is 7.11. The summed E-state index contributed by atoms with van der Waals surface area (Å²) in [5.74, 6) is 0.923. The highest BCUT2D eigenvalue weighted by Gasteiger charge is 2.21. The van der Waals surface area contributed by atoms with E-state index in [1.165, 1.54) is 0 Å². The van der Waals surface area contributed by atoms with Crippen molar-refractivity contribution in [2.75, 3.05) is 31.2 Å². The van der Waals surface area contributed by atoms with Gasteiger partial charge < -0.3 is 16.0 Å². The molecule has 0 unspecified atom stereocenters. The number of anilines is 2. The van der Waals surface area contributed by atoms with Crippen molar-refractivity contribution in [2.45, 2.75) is 25.8 Å². The van der Waals surface area contributed by atoms with E-state index < -0.39 is 0 Å². The SMILES string of the molecule is Cc1nc2nc(NC3CCN(C)CC3)nc(N)c2c(-c2ccccc2)c1Cl. The second kappa shape index (κ2) is 7.29. The number of aromatic nitrogens is 3. The fourth-order valence-electron chi connectivity index (χ4n) is 3.56. The number of nitrogens with zero attached hydrogens (tertiary/aromatic N) is 4. The van der Waals surface area contributed by atoms with Crippen LogP contribution in [-0.4, -0.2) is 46.0 Å². The van der Waals surface area contributed by atoms with Gasteiger partial charge in [0.15, 0.2) is 5.65 Å². The number of fused-ring (bicyclic) bond motifs is 1. The number of nitrogens with two attached hydrogens (primary N) is 1. The van der Waals surface area contributed by atoms with Crippen LogP contribution in [0.1, 0.15) is 18.5 Å². The van der Waals surface area contributed by atoms with E-state index in [1.54, 1.807) is 0 Å². The van der Waals surface area contributed by atoms with Crippen molar-refractivity contribution in [2.24, 2.45) is 0 Å². The molecule has 3 N–H and O–H groups in total. The van der Waals surface area contributed by atoms with Crippen molar-refractivity contribution in [1.29, 1.82) is 0 Å². The van der Waals surface area contributed by atoms with Crippen LogP contribution in [-0.2, 0) is 0 Å². The topological polar surface area (TPSA) is 80.0 Å². The molecule has 4 rings (SSSR count). The molecule has 3 heterocycles. The van der Waals surface area contributed by atoms with Gasteiger partial charge in [0.05, 0.1) is 16.1 Å². The van der Waals surface area contributed by atoms with Gasteiger partial charge in [-0.05, 0) is 45.5 Å². The van der Waals surface area contributed by atoms with Crippen molar-refractivity contribution in [3.63, 3.8) is 0 Å². The summed E-state index contributed by atoms with van der Waals surface area (Å²) in [5.41, 5.74) is 9.45. The van der Waals surface area contributed by atoms with Gasteiger partial charge in [0.25, 0.3) is 0 Å². The van der Waals surface area contributed by atoms with Gasteiger partial charge in [-0.1, -0.05) is 41.9 Å². The Kier molecular flexibility index (Phi) is 4.85. The van der Waals surface area contributed by atoms with E-state index in [1.807, 2.05) is 37.3 Å². The highest BCUT2D eigenvalue weighted by Crippen LogP contribution is 2.38. The minimum Gasteiger partial charge on any atom is -0.383 e. The minimum atomic E-state index is 0.347. The molecule has 0 radical (unpaired) electrons. The molecule has 0 spiro atoms. The van der Waals surface area contributed by atoms with E-state index in [0.29, 0.717) is 33.9 Å². The van der Waals surface area contributed by atoms with Gasteiger partial charge >= 0.3 is 0 Å². The zero-order valence-corrected chi connectivity index (χ0v) is 16.3. The minimum absolute atomic E-state index is 0.347. The summed E-state index contributed by atoms with van der Waals surface area (Å²) in [6.07, 6.45) is 2.11. The van der Waals surface area contributed by atoms with Crippen LogP contribution < -0.4 is 11.1 Å². The molecule has 1 aliphatic heterocycles. The maximum Gasteiger partial charge on any atom is 0.226 e. The fraction of sp³-hybridized carbons (Fsp3) is 0.350. The van der Waals surface area contributed by atoms with E-state index >= 15 is 0 Å². The summed E-state index contributed by atoms with van der Waals surface area (Å²) < 4.78 is 0. The predicted octanol–water partition coefficient (Wildman–Crippen LogP) is 3.74. The third kappa shape index (κ3) is 3.55. The molecule has 3 aromatic rings. The lowest BCUT2D eigenvalue weighted by Crippen LogP contribution is -2.37. The van der Waals surface area contributed by atoms with Crippen LogP contribution in [0.15, 0.2) is 30.3 Å². The number of pyridine rings is 1. The Bertz CT molecular complexity index is 967. The average molecular weight is 383 g/mol. The Morgan fingerprint density at radius 3 is 2.52 bits per heavy atom. The predicted molar refractivity (Wildman–Crippen MR) is 111 cm³/mol. The molecule has 0 atom stereocenters. The van der Waals surface area contributed by atoms with E-state index in [9.17, 15) is 0 Å². The number of hydrogen-bond donors (Lipinski definition) is 2. The van der Waals surface area contributed by atoms with Crippen LogP contribution in [0, 0.1) is 6.92 Å². The Morgan fingerprint density at radius 2 is 1.81 bits per heavy atom. The van der Waals surface area contributed by atoms with Gasteiger partial charge in [-0.15, -0.1) is 0 Å². The molecule has 1 fully saturated rings. The summed E-state index contributed by atoms with van der Waals surface area (Å²) >= 11 is 6.59. The summed E-state index contributed by atoms with van der Waals surface area (Å²) in [4.78, 5) is 16.1. The van der Waals surface area contributed by atoms with Gasteiger partial charge in [-0.3, -0.25) is 0 Å². The molecule has 0 amide bonds. The molecule has 0 aliphatic carbocycles. The molecule has 27 heavy (non-hydrogen) atoms. The zero-order valence-electron chi connectivity index (χ0n) is 15.5. The van der Waals surface area contributed by atoms with Gasteiger partial charge in [0, 0.05) is 11.6 Å². The maximum atomic E-state index is 6.59. The first kappa shape index (κ1) is 17.9.